The van der Waals surface area contributed by atoms with Crippen molar-refractivity contribution in [2.24, 2.45) is 11.8 Å². The Morgan fingerprint density at radius 1 is 1.50 bits per heavy atom. The summed E-state index contributed by atoms with van der Waals surface area (Å²) < 4.78 is 1.38. The number of aromatic nitrogens is 1. The van der Waals surface area contributed by atoms with Gasteiger partial charge >= 0.3 is 0 Å². The number of carbonyl (C=O) groups excluding carboxylic acids is 1. The van der Waals surface area contributed by atoms with Crippen molar-refractivity contribution < 1.29 is 4.79 Å². The molecule has 0 radical (unpaired) electrons. The molecule has 1 aromatic rings. The first-order valence-corrected chi connectivity index (χ1v) is 8.23. The normalized spacial score (nSPS) is 30.8. The molecule has 0 aliphatic heterocycles. The average Bonchev–Trinajstić information content (AvgIpc) is 2.42. The third-order valence-electron chi connectivity index (χ3n) is 5.19. The number of amides is 1. The molecule has 3 atom stereocenters. The van der Waals surface area contributed by atoms with E-state index in [0.29, 0.717) is 5.92 Å². The molecule has 1 aromatic heterocycles. The molecule has 0 saturated heterocycles. The second-order valence-electron chi connectivity index (χ2n) is 7.23. The minimum absolute atomic E-state index is 0.0463. The zero-order valence-corrected chi connectivity index (χ0v) is 13.2. The van der Waals surface area contributed by atoms with Gasteiger partial charge in [-0.3, -0.25) is 9.59 Å². The number of rotatable bonds is 3. The zero-order chi connectivity index (χ0) is 15.7. The van der Waals surface area contributed by atoms with Crippen molar-refractivity contribution in [2.45, 2.75) is 57.5 Å². The van der Waals surface area contributed by atoms with Crippen molar-refractivity contribution in [1.29, 1.82) is 0 Å². The Morgan fingerprint density at radius 3 is 3.14 bits per heavy atom. The van der Waals surface area contributed by atoms with Gasteiger partial charge in [0.15, 0.2) is 0 Å². The highest BCUT2D eigenvalue weighted by Gasteiger charge is 2.42. The fourth-order valence-electron chi connectivity index (χ4n) is 4.53. The Hall–Kier alpha value is -1.78. The number of nitrogen functional groups attached to an aromatic ring is 1. The zero-order valence-electron chi connectivity index (χ0n) is 13.2. The highest BCUT2D eigenvalue weighted by molar-refractivity contribution is 5.76. The number of carbonyl (C=O) groups is 1. The smallest absolute Gasteiger partial charge is 0.274 e. The summed E-state index contributed by atoms with van der Waals surface area (Å²) in [6, 6.07) is 3.26. The van der Waals surface area contributed by atoms with E-state index in [9.17, 15) is 9.59 Å². The van der Waals surface area contributed by atoms with Crippen molar-refractivity contribution in [3.05, 3.63) is 28.7 Å². The highest BCUT2D eigenvalue weighted by atomic mass is 16.2. The molecule has 3 unspecified atom stereocenters. The average molecular weight is 303 g/mol. The van der Waals surface area contributed by atoms with Gasteiger partial charge in [0.2, 0.25) is 5.91 Å². The molecule has 1 heterocycles. The van der Waals surface area contributed by atoms with E-state index in [4.69, 9.17) is 5.73 Å². The van der Waals surface area contributed by atoms with E-state index >= 15 is 0 Å². The molecular formula is C17H25N3O2. The van der Waals surface area contributed by atoms with Crippen LogP contribution in [-0.2, 0) is 11.3 Å². The van der Waals surface area contributed by atoms with Crippen molar-refractivity contribution in [1.82, 2.24) is 9.88 Å². The standard InChI is InChI=1S/C17H25N3O2/c1-12-8-13-4-2-6-17(9-12,10-13)19-15(21)11-20-7-3-5-14(18)16(20)22/h3,5,7,12-13H,2,4,6,8-11,18H2,1H3,(H,19,21). The number of pyridine rings is 1. The van der Waals surface area contributed by atoms with E-state index in [-0.39, 0.29) is 29.2 Å². The number of hydrogen-bond acceptors (Lipinski definition) is 3. The van der Waals surface area contributed by atoms with Gasteiger partial charge in [-0.25, -0.2) is 0 Å². The topological polar surface area (TPSA) is 77.1 Å². The van der Waals surface area contributed by atoms with Crippen LogP contribution in [0.15, 0.2) is 23.1 Å². The van der Waals surface area contributed by atoms with Crippen LogP contribution in [0.2, 0.25) is 0 Å². The van der Waals surface area contributed by atoms with E-state index in [0.717, 1.165) is 25.2 Å². The molecule has 2 fully saturated rings. The maximum absolute atomic E-state index is 12.4. The first kappa shape index (κ1) is 15.1. The molecule has 5 nitrogen and oxygen atoms in total. The summed E-state index contributed by atoms with van der Waals surface area (Å²) in [5.41, 5.74) is 5.44. The van der Waals surface area contributed by atoms with Gasteiger partial charge in [0.05, 0.1) is 5.69 Å². The number of fused-ring (bicyclic) bond motifs is 2. The van der Waals surface area contributed by atoms with Crippen LogP contribution < -0.4 is 16.6 Å². The van der Waals surface area contributed by atoms with Crippen molar-refractivity contribution in [3.63, 3.8) is 0 Å². The first-order valence-electron chi connectivity index (χ1n) is 8.23. The third-order valence-corrected chi connectivity index (χ3v) is 5.19. The predicted molar refractivity (Wildman–Crippen MR) is 86.3 cm³/mol. The van der Waals surface area contributed by atoms with Crippen LogP contribution in [0.4, 0.5) is 5.69 Å². The summed E-state index contributed by atoms with van der Waals surface area (Å²) in [6.07, 6.45) is 8.59. The number of anilines is 1. The largest absolute Gasteiger partial charge is 0.394 e. The van der Waals surface area contributed by atoms with Crippen LogP contribution >= 0.6 is 0 Å². The fourth-order valence-corrected chi connectivity index (χ4v) is 4.53. The Labute approximate surface area is 130 Å². The van der Waals surface area contributed by atoms with E-state index in [1.54, 1.807) is 18.3 Å². The lowest BCUT2D eigenvalue weighted by atomic mass is 9.64. The van der Waals surface area contributed by atoms with Gasteiger partial charge in [-0.15, -0.1) is 0 Å². The minimum atomic E-state index is -0.298. The number of nitrogens with two attached hydrogens (primary N) is 1. The van der Waals surface area contributed by atoms with Crippen LogP contribution in [-0.4, -0.2) is 16.0 Å². The molecule has 2 aliphatic rings. The summed E-state index contributed by atoms with van der Waals surface area (Å²) >= 11 is 0. The molecule has 1 amide bonds. The van der Waals surface area contributed by atoms with Crippen LogP contribution in [0.25, 0.3) is 0 Å². The monoisotopic (exact) mass is 303 g/mol. The second kappa shape index (κ2) is 5.78. The van der Waals surface area contributed by atoms with E-state index in [1.807, 2.05) is 0 Å². The summed E-state index contributed by atoms with van der Waals surface area (Å²) in [6.45, 7) is 2.32. The number of hydrogen-bond donors (Lipinski definition) is 2. The number of nitrogens with one attached hydrogen (secondary N) is 1. The minimum Gasteiger partial charge on any atom is -0.394 e. The van der Waals surface area contributed by atoms with Gasteiger partial charge in [0.25, 0.3) is 5.56 Å². The summed E-state index contributed by atoms with van der Waals surface area (Å²) in [5, 5.41) is 3.25. The van der Waals surface area contributed by atoms with Crippen LogP contribution in [0.5, 0.6) is 0 Å². The van der Waals surface area contributed by atoms with E-state index in [1.165, 1.54) is 23.8 Å². The summed E-state index contributed by atoms with van der Waals surface area (Å²) in [5.74, 6) is 1.32. The lowest BCUT2D eigenvalue weighted by molar-refractivity contribution is -0.125. The van der Waals surface area contributed by atoms with Crippen LogP contribution in [0.1, 0.15) is 45.4 Å². The van der Waals surface area contributed by atoms with Crippen LogP contribution in [0, 0.1) is 11.8 Å². The second-order valence-corrected chi connectivity index (χ2v) is 7.23. The van der Waals surface area contributed by atoms with Crippen molar-refractivity contribution in [3.8, 4) is 0 Å². The van der Waals surface area contributed by atoms with Gasteiger partial charge in [0, 0.05) is 11.7 Å². The van der Waals surface area contributed by atoms with E-state index in [2.05, 4.69) is 12.2 Å². The summed E-state index contributed by atoms with van der Waals surface area (Å²) in [7, 11) is 0. The SMILES string of the molecule is CC1CC2CCCC(NC(=O)Cn3cccc(N)c3=O)(C1)C2. The summed E-state index contributed by atoms with van der Waals surface area (Å²) in [4.78, 5) is 24.4. The third kappa shape index (κ3) is 3.03. The Kier molecular flexibility index (Phi) is 3.98. The lowest BCUT2D eigenvalue weighted by Crippen LogP contribution is -2.55. The Balaban J connectivity index is 1.71. The lowest BCUT2D eigenvalue weighted by Gasteiger charge is -2.48. The van der Waals surface area contributed by atoms with Crippen molar-refractivity contribution >= 4 is 11.6 Å². The maximum Gasteiger partial charge on any atom is 0.274 e. The molecule has 3 rings (SSSR count). The van der Waals surface area contributed by atoms with Crippen molar-refractivity contribution in [2.75, 3.05) is 5.73 Å². The Bertz CT molecular complexity index is 621. The molecule has 22 heavy (non-hydrogen) atoms. The molecule has 5 heteroatoms. The first-order chi connectivity index (χ1) is 10.5. The maximum atomic E-state index is 12.4. The Morgan fingerprint density at radius 2 is 2.32 bits per heavy atom. The van der Waals surface area contributed by atoms with Gasteiger partial charge in [-0.05, 0) is 49.7 Å². The number of nitrogens with zero attached hydrogens (tertiary/aromatic N) is 1. The molecule has 120 valence electrons. The molecule has 0 aromatic carbocycles. The van der Waals surface area contributed by atoms with Gasteiger partial charge < -0.3 is 15.6 Å². The molecule has 3 N–H and O–H groups in total. The molecule has 2 bridgehead atoms. The molecule has 0 spiro atoms. The molecular weight excluding hydrogens is 278 g/mol. The van der Waals surface area contributed by atoms with Crippen LogP contribution in [0.3, 0.4) is 0 Å². The quantitative estimate of drug-likeness (QED) is 0.895. The fraction of sp³-hybridized carbons (Fsp3) is 0.647. The van der Waals surface area contributed by atoms with Gasteiger partial charge in [0.1, 0.15) is 6.54 Å². The molecule has 2 saturated carbocycles. The van der Waals surface area contributed by atoms with Gasteiger partial charge in [-0.2, -0.15) is 0 Å². The van der Waals surface area contributed by atoms with Gasteiger partial charge in [-0.1, -0.05) is 19.8 Å². The predicted octanol–water partition coefficient (Wildman–Crippen LogP) is 1.91. The van der Waals surface area contributed by atoms with E-state index < -0.39 is 0 Å². The highest BCUT2D eigenvalue weighted by Crippen LogP contribution is 2.45. The molecule has 2 aliphatic carbocycles.